The minimum Gasteiger partial charge on any atom is -0.489 e. The zero-order chi connectivity index (χ0) is 18.1. The average molecular weight is 357 g/mol. The Morgan fingerprint density at radius 2 is 2.00 bits per heavy atom. The monoisotopic (exact) mass is 356 g/mol. The van der Waals surface area contributed by atoms with Crippen LogP contribution in [0.15, 0.2) is 18.2 Å². The van der Waals surface area contributed by atoms with Crippen molar-refractivity contribution in [2.24, 2.45) is 5.92 Å². The third-order valence-electron chi connectivity index (χ3n) is 3.39. The Labute approximate surface area is 149 Å². The molecule has 0 bridgehead atoms. The van der Waals surface area contributed by atoms with Gasteiger partial charge in [-0.1, -0.05) is 39.3 Å². The minimum atomic E-state index is -0.623. The van der Waals surface area contributed by atoms with Crippen molar-refractivity contribution in [1.29, 1.82) is 0 Å². The normalized spacial score (nSPS) is 12.5. The van der Waals surface area contributed by atoms with Crippen LogP contribution in [0.4, 0.5) is 0 Å². The van der Waals surface area contributed by atoms with E-state index < -0.39 is 6.10 Å². The molecule has 0 fully saturated rings. The van der Waals surface area contributed by atoms with Gasteiger partial charge in [-0.05, 0) is 30.5 Å². The fraction of sp³-hybridized carbons (Fsp3) is 0.611. The second kappa shape index (κ2) is 10.5. The molecule has 0 aliphatic heterocycles. The fourth-order valence-corrected chi connectivity index (χ4v) is 2.19. The summed E-state index contributed by atoms with van der Waals surface area (Å²) in [6.07, 6.45) is 0.311. The molecule has 1 amide bonds. The summed E-state index contributed by atoms with van der Waals surface area (Å²) in [4.78, 5) is 12.0. The van der Waals surface area contributed by atoms with Gasteiger partial charge in [0.05, 0.1) is 5.02 Å². The molecule has 1 aromatic carbocycles. The van der Waals surface area contributed by atoms with Crippen LogP contribution >= 0.6 is 11.6 Å². The summed E-state index contributed by atoms with van der Waals surface area (Å²) in [6, 6.07) is 5.21. The second-order valence-corrected chi connectivity index (χ2v) is 7.02. The number of rotatable bonds is 10. The molecule has 1 unspecified atom stereocenters. The molecule has 0 spiro atoms. The van der Waals surface area contributed by atoms with E-state index in [0.29, 0.717) is 41.4 Å². The molecule has 3 N–H and O–H groups in total. The largest absolute Gasteiger partial charge is 0.489 e. The fourth-order valence-electron chi connectivity index (χ4n) is 1.95. The Morgan fingerprint density at radius 3 is 2.58 bits per heavy atom. The highest BCUT2D eigenvalue weighted by atomic mass is 35.5. The molecule has 1 aromatic rings. The highest BCUT2D eigenvalue weighted by molar-refractivity contribution is 6.32. The number of hydrogen-bond donors (Lipinski definition) is 3. The van der Waals surface area contributed by atoms with Gasteiger partial charge in [0.15, 0.2) is 0 Å². The third-order valence-corrected chi connectivity index (χ3v) is 3.69. The van der Waals surface area contributed by atoms with Crippen LogP contribution in [-0.2, 0) is 0 Å². The molecule has 0 aliphatic rings. The van der Waals surface area contributed by atoms with Crippen molar-refractivity contribution in [3.05, 3.63) is 28.8 Å². The standard InChI is InChI=1S/C18H29ClN2O3/c1-12(2)7-8-20-18(23)14-5-6-17(16(19)9-14)24-11-15(22)10-21-13(3)4/h5-6,9,12-13,15,21-22H,7-8,10-11H2,1-4H3,(H,20,23). The molecule has 0 saturated carbocycles. The number of carbonyl (C=O) groups excluding carboxylic acids is 1. The molecule has 0 aromatic heterocycles. The van der Waals surface area contributed by atoms with Crippen molar-refractivity contribution in [3.8, 4) is 5.75 Å². The quantitative estimate of drug-likeness (QED) is 0.603. The topological polar surface area (TPSA) is 70.6 Å². The number of ether oxygens (including phenoxy) is 1. The number of aliphatic hydroxyl groups excluding tert-OH is 1. The number of amides is 1. The smallest absolute Gasteiger partial charge is 0.251 e. The first-order valence-electron chi connectivity index (χ1n) is 8.41. The molecule has 1 atom stereocenters. The molecule has 0 aliphatic carbocycles. The Bertz CT molecular complexity index is 521. The first-order chi connectivity index (χ1) is 11.3. The van der Waals surface area contributed by atoms with Crippen LogP contribution in [0.1, 0.15) is 44.5 Å². The van der Waals surface area contributed by atoms with E-state index in [2.05, 4.69) is 24.5 Å². The summed E-state index contributed by atoms with van der Waals surface area (Å²) in [5.41, 5.74) is 0.498. The lowest BCUT2D eigenvalue weighted by Gasteiger charge is -2.16. The Kier molecular flexibility index (Phi) is 9.11. The van der Waals surface area contributed by atoms with Gasteiger partial charge >= 0.3 is 0 Å². The molecule has 136 valence electrons. The maximum atomic E-state index is 12.0. The zero-order valence-corrected chi connectivity index (χ0v) is 15.7. The molecule has 6 heteroatoms. The summed E-state index contributed by atoms with van der Waals surface area (Å²) in [5.74, 6) is 0.852. The maximum Gasteiger partial charge on any atom is 0.251 e. The molecular formula is C18H29ClN2O3. The lowest BCUT2D eigenvalue weighted by atomic mass is 10.1. The number of aliphatic hydroxyl groups is 1. The van der Waals surface area contributed by atoms with Crippen molar-refractivity contribution in [2.75, 3.05) is 19.7 Å². The van der Waals surface area contributed by atoms with Crippen molar-refractivity contribution >= 4 is 17.5 Å². The molecule has 0 heterocycles. The van der Waals surface area contributed by atoms with Gasteiger partial charge in [0.25, 0.3) is 5.91 Å². The lowest BCUT2D eigenvalue weighted by Crippen LogP contribution is -2.35. The number of halogens is 1. The van der Waals surface area contributed by atoms with Gasteiger partial charge in [0.2, 0.25) is 0 Å². The van der Waals surface area contributed by atoms with E-state index in [1.54, 1.807) is 18.2 Å². The first-order valence-corrected chi connectivity index (χ1v) is 8.79. The van der Waals surface area contributed by atoms with E-state index in [1.165, 1.54) is 0 Å². The number of benzene rings is 1. The number of hydrogen-bond acceptors (Lipinski definition) is 4. The predicted octanol–water partition coefficient (Wildman–Crippen LogP) is 2.85. The van der Waals surface area contributed by atoms with E-state index in [9.17, 15) is 9.90 Å². The summed E-state index contributed by atoms with van der Waals surface area (Å²) >= 11 is 6.17. The SMILES string of the molecule is CC(C)CCNC(=O)c1ccc(OCC(O)CNC(C)C)c(Cl)c1. The minimum absolute atomic E-state index is 0.138. The molecular weight excluding hydrogens is 328 g/mol. The summed E-state index contributed by atoms with van der Waals surface area (Å²) in [5, 5.41) is 16.2. The molecule has 5 nitrogen and oxygen atoms in total. The van der Waals surface area contributed by atoms with Gasteiger partial charge in [-0.2, -0.15) is 0 Å². The number of nitrogens with one attached hydrogen (secondary N) is 2. The van der Waals surface area contributed by atoms with Crippen LogP contribution in [0.5, 0.6) is 5.75 Å². The summed E-state index contributed by atoms with van der Waals surface area (Å²) in [7, 11) is 0. The van der Waals surface area contributed by atoms with Crippen LogP contribution in [0.25, 0.3) is 0 Å². The van der Waals surface area contributed by atoms with Crippen LogP contribution in [-0.4, -0.2) is 42.9 Å². The van der Waals surface area contributed by atoms with Gasteiger partial charge in [0.1, 0.15) is 18.5 Å². The highest BCUT2D eigenvalue weighted by Gasteiger charge is 2.11. The van der Waals surface area contributed by atoms with Gasteiger partial charge in [0, 0.05) is 24.7 Å². The molecule has 1 rings (SSSR count). The van der Waals surface area contributed by atoms with Gasteiger partial charge < -0.3 is 20.5 Å². The summed E-state index contributed by atoms with van der Waals surface area (Å²) in [6.45, 7) is 9.47. The van der Waals surface area contributed by atoms with Crippen LogP contribution in [0.3, 0.4) is 0 Å². The highest BCUT2D eigenvalue weighted by Crippen LogP contribution is 2.25. The predicted molar refractivity (Wildman–Crippen MR) is 97.9 cm³/mol. The summed E-state index contributed by atoms with van der Waals surface area (Å²) < 4.78 is 5.52. The molecule has 0 radical (unpaired) electrons. The maximum absolute atomic E-state index is 12.0. The van der Waals surface area contributed by atoms with Gasteiger partial charge in [-0.3, -0.25) is 4.79 Å². The number of carbonyl (C=O) groups is 1. The van der Waals surface area contributed by atoms with E-state index in [0.717, 1.165) is 6.42 Å². The van der Waals surface area contributed by atoms with Crippen LogP contribution < -0.4 is 15.4 Å². The first kappa shape index (κ1) is 20.7. The van der Waals surface area contributed by atoms with Gasteiger partial charge in [-0.15, -0.1) is 0 Å². The Hall–Kier alpha value is -1.30. The van der Waals surface area contributed by atoms with Crippen molar-refractivity contribution in [1.82, 2.24) is 10.6 Å². The lowest BCUT2D eigenvalue weighted by molar-refractivity contribution is 0.0951. The molecule has 24 heavy (non-hydrogen) atoms. The van der Waals surface area contributed by atoms with E-state index in [4.69, 9.17) is 16.3 Å². The van der Waals surface area contributed by atoms with Crippen LogP contribution in [0, 0.1) is 5.92 Å². The van der Waals surface area contributed by atoms with E-state index >= 15 is 0 Å². The second-order valence-electron chi connectivity index (χ2n) is 6.61. The molecule has 0 saturated heterocycles. The van der Waals surface area contributed by atoms with E-state index in [-0.39, 0.29) is 12.5 Å². The Morgan fingerprint density at radius 1 is 1.29 bits per heavy atom. The van der Waals surface area contributed by atoms with Crippen molar-refractivity contribution in [3.63, 3.8) is 0 Å². The third kappa shape index (κ3) is 7.99. The Balaban J connectivity index is 2.50. The van der Waals surface area contributed by atoms with Crippen molar-refractivity contribution in [2.45, 2.75) is 46.3 Å². The van der Waals surface area contributed by atoms with Crippen molar-refractivity contribution < 1.29 is 14.6 Å². The average Bonchev–Trinajstić information content (AvgIpc) is 2.51. The van der Waals surface area contributed by atoms with Gasteiger partial charge in [-0.25, -0.2) is 0 Å². The zero-order valence-electron chi connectivity index (χ0n) is 14.9. The van der Waals surface area contributed by atoms with E-state index in [1.807, 2.05) is 13.8 Å². The van der Waals surface area contributed by atoms with Crippen LogP contribution in [0.2, 0.25) is 5.02 Å².